The van der Waals surface area contributed by atoms with Crippen LogP contribution >= 0.6 is 0 Å². The summed E-state index contributed by atoms with van der Waals surface area (Å²) in [6, 6.07) is 10.2. The van der Waals surface area contributed by atoms with E-state index < -0.39 is 0 Å². The Morgan fingerprint density at radius 1 is 0.833 bits per heavy atom. The minimum atomic E-state index is 0.785. The first kappa shape index (κ1) is 12.5. The molecule has 18 heavy (non-hydrogen) atoms. The minimum absolute atomic E-state index is 0.785. The zero-order valence-electron chi connectivity index (χ0n) is 11.5. The molecule has 2 aromatic carbocycles. The number of hydrogen-bond donors (Lipinski definition) is 2. The van der Waals surface area contributed by atoms with Gasteiger partial charge in [0.25, 0.3) is 0 Å². The van der Waals surface area contributed by atoms with Crippen LogP contribution in [0, 0.1) is 27.7 Å². The molecule has 0 saturated heterocycles. The van der Waals surface area contributed by atoms with E-state index in [9.17, 15) is 0 Å². The molecule has 0 atom stereocenters. The van der Waals surface area contributed by atoms with Gasteiger partial charge in [0.05, 0.1) is 11.4 Å². The lowest BCUT2D eigenvalue weighted by molar-refractivity contribution is 1.26. The highest BCUT2D eigenvalue weighted by molar-refractivity contribution is 5.77. The first-order chi connectivity index (χ1) is 8.50. The van der Waals surface area contributed by atoms with Crippen molar-refractivity contribution in [3.63, 3.8) is 0 Å². The van der Waals surface area contributed by atoms with Crippen molar-refractivity contribution in [1.82, 2.24) is 0 Å². The van der Waals surface area contributed by atoms with Crippen LogP contribution in [-0.4, -0.2) is 0 Å². The molecular weight excluding hydrogens is 220 g/mol. The van der Waals surface area contributed by atoms with Crippen molar-refractivity contribution >= 4 is 17.1 Å². The van der Waals surface area contributed by atoms with Crippen LogP contribution in [0.25, 0.3) is 0 Å². The van der Waals surface area contributed by atoms with Crippen LogP contribution < -0.4 is 11.1 Å². The maximum absolute atomic E-state index is 6.02. The number of nitrogen functional groups attached to an aromatic ring is 1. The summed E-state index contributed by atoms with van der Waals surface area (Å²) in [7, 11) is 0. The molecule has 0 saturated carbocycles. The fraction of sp³-hybridized carbons (Fsp3) is 0.250. The molecule has 0 aliphatic carbocycles. The number of para-hydroxylation sites is 1. The third-order valence-corrected chi connectivity index (χ3v) is 3.62. The van der Waals surface area contributed by atoms with E-state index in [0.717, 1.165) is 22.6 Å². The second kappa shape index (κ2) is 4.73. The fourth-order valence-electron chi connectivity index (χ4n) is 2.09. The highest BCUT2D eigenvalue weighted by Crippen LogP contribution is 2.30. The number of benzene rings is 2. The second-order valence-electron chi connectivity index (χ2n) is 4.84. The molecule has 3 N–H and O–H groups in total. The van der Waals surface area contributed by atoms with E-state index in [-0.39, 0.29) is 0 Å². The van der Waals surface area contributed by atoms with Crippen molar-refractivity contribution in [3.8, 4) is 0 Å². The molecule has 0 fully saturated rings. The van der Waals surface area contributed by atoms with E-state index in [0.29, 0.717) is 0 Å². The maximum Gasteiger partial charge on any atom is 0.0647 e. The van der Waals surface area contributed by atoms with Crippen molar-refractivity contribution < 1.29 is 0 Å². The molecule has 0 aliphatic rings. The molecule has 0 heterocycles. The lowest BCUT2D eigenvalue weighted by Crippen LogP contribution is -2.01. The highest BCUT2D eigenvalue weighted by atomic mass is 14.9. The van der Waals surface area contributed by atoms with Gasteiger partial charge in [0.15, 0.2) is 0 Å². The first-order valence-electron chi connectivity index (χ1n) is 6.19. The smallest absolute Gasteiger partial charge is 0.0647 e. The van der Waals surface area contributed by atoms with Crippen molar-refractivity contribution in [2.45, 2.75) is 27.7 Å². The normalized spacial score (nSPS) is 10.4. The van der Waals surface area contributed by atoms with E-state index in [1.165, 1.54) is 16.7 Å². The molecule has 2 aromatic rings. The largest absolute Gasteiger partial charge is 0.397 e. The van der Waals surface area contributed by atoms with Gasteiger partial charge in [0, 0.05) is 5.69 Å². The quantitative estimate of drug-likeness (QED) is 0.770. The summed E-state index contributed by atoms with van der Waals surface area (Å²) >= 11 is 0. The molecule has 0 bridgehead atoms. The summed E-state index contributed by atoms with van der Waals surface area (Å²) in [5, 5.41) is 3.45. The first-order valence-corrected chi connectivity index (χ1v) is 6.19. The van der Waals surface area contributed by atoms with Gasteiger partial charge in [-0.1, -0.05) is 18.2 Å². The predicted octanol–water partition coefficient (Wildman–Crippen LogP) is 4.25. The average molecular weight is 240 g/mol. The lowest BCUT2D eigenvalue weighted by Gasteiger charge is -2.16. The highest BCUT2D eigenvalue weighted by Gasteiger charge is 2.07. The number of nitrogens with one attached hydrogen (secondary N) is 1. The summed E-state index contributed by atoms with van der Waals surface area (Å²) in [5.41, 5.74) is 14.0. The summed E-state index contributed by atoms with van der Waals surface area (Å²) in [6.07, 6.45) is 0. The van der Waals surface area contributed by atoms with Crippen LogP contribution in [-0.2, 0) is 0 Å². The minimum Gasteiger partial charge on any atom is -0.397 e. The molecule has 0 amide bonds. The summed E-state index contributed by atoms with van der Waals surface area (Å²) < 4.78 is 0. The summed E-state index contributed by atoms with van der Waals surface area (Å²) in [4.78, 5) is 0. The SMILES string of the molecule is Cc1ccc(Nc2c(C)cccc2N)c(C)c1C. The van der Waals surface area contributed by atoms with Gasteiger partial charge in [-0.25, -0.2) is 0 Å². The van der Waals surface area contributed by atoms with Gasteiger partial charge in [0.1, 0.15) is 0 Å². The molecule has 2 heteroatoms. The number of hydrogen-bond acceptors (Lipinski definition) is 2. The van der Waals surface area contributed by atoms with Crippen molar-refractivity contribution in [1.29, 1.82) is 0 Å². The monoisotopic (exact) mass is 240 g/mol. The van der Waals surface area contributed by atoms with Gasteiger partial charge < -0.3 is 11.1 Å². The van der Waals surface area contributed by atoms with E-state index in [1.807, 2.05) is 12.1 Å². The summed E-state index contributed by atoms with van der Waals surface area (Å²) in [5.74, 6) is 0. The number of nitrogens with two attached hydrogens (primary N) is 1. The van der Waals surface area contributed by atoms with E-state index in [1.54, 1.807) is 0 Å². The van der Waals surface area contributed by atoms with Crippen molar-refractivity contribution in [2.75, 3.05) is 11.1 Å². The Balaban J connectivity index is 2.44. The van der Waals surface area contributed by atoms with Gasteiger partial charge in [0.2, 0.25) is 0 Å². The van der Waals surface area contributed by atoms with Crippen LogP contribution in [0.3, 0.4) is 0 Å². The third-order valence-electron chi connectivity index (χ3n) is 3.62. The zero-order chi connectivity index (χ0) is 13.3. The standard InChI is InChI=1S/C16H20N2/c1-10-8-9-15(13(4)12(10)3)18-16-11(2)6-5-7-14(16)17/h5-9,18H,17H2,1-4H3. The van der Waals surface area contributed by atoms with E-state index in [2.05, 4.69) is 51.2 Å². The molecular formula is C16H20N2. The molecule has 0 aromatic heterocycles. The Morgan fingerprint density at radius 3 is 2.22 bits per heavy atom. The Hall–Kier alpha value is -1.96. The maximum atomic E-state index is 6.02. The average Bonchev–Trinajstić information content (AvgIpc) is 2.34. The number of anilines is 3. The number of rotatable bonds is 2. The van der Waals surface area contributed by atoms with Gasteiger partial charge >= 0.3 is 0 Å². The Labute approximate surface area is 109 Å². The van der Waals surface area contributed by atoms with Crippen LogP contribution in [0.5, 0.6) is 0 Å². The zero-order valence-corrected chi connectivity index (χ0v) is 11.5. The van der Waals surface area contributed by atoms with E-state index >= 15 is 0 Å². The Morgan fingerprint density at radius 2 is 1.56 bits per heavy atom. The molecule has 0 radical (unpaired) electrons. The molecule has 2 nitrogen and oxygen atoms in total. The van der Waals surface area contributed by atoms with Gasteiger partial charge in [-0.15, -0.1) is 0 Å². The number of aryl methyl sites for hydroxylation is 2. The Bertz CT molecular complexity index is 566. The van der Waals surface area contributed by atoms with Crippen molar-refractivity contribution in [2.24, 2.45) is 0 Å². The van der Waals surface area contributed by atoms with Crippen LogP contribution in [0.1, 0.15) is 22.3 Å². The molecule has 0 spiro atoms. The van der Waals surface area contributed by atoms with Crippen LogP contribution in [0.4, 0.5) is 17.1 Å². The van der Waals surface area contributed by atoms with Gasteiger partial charge in [-0.05, 0) is 62.1 Å². The second-order valence-corrected chi connectivity index (χ2v) is 4.84. The summed E-state index contributed by atoms with van der Waals surface area (Å²) in [6.45, 7) is 8.49. The Kier molecular flexibility index (Phi) is 3.28. The van der Waals surface area contributed by atoms with Crippen LogP contribution in [0.2, 0.25) is 0 Å². The van der Waals surface area contributed by atoms with Crippen molar-refractivity contribution in [3.05, 3.63) is 52.6 Å². The van der Waals surface area contributed by atoms with Gasteiger partial charge in [-0.3, -0.25) is 0 Å². The predicted molar refractivity (Wildman–Crippen MR) is 79.5 cm³/mol. The fourth-order valence-corrected chi connectivity index (χ4v) is 2.09. The molecule has 0 unspecified atom stereocenters. The third kappa shape index (κ3) is 2.19. The van der Waals surface area contributed by atoms with E-state index in [4.69, 9.17) is 5.73 Å². The molecule has 0 aliphatic heterocycles. The van der Waals surface area contributed by atoms with Crippen LogP contribution in [0.15, 0.2) is 30.3 Å². The molecule has 94 valence electrons. The van der Waals surface area contributed by atoms with Gasteiger partial charge in [-0.2, -0.15) is 0 Å². The molecule has 2 rings (SSSR count). The lowest BCUT2D eigenvalue weighted by atomic mass is 10.0. The topological polar surface area (TPSA) is 38.0 Å².